The second kappa shape index (κ2) is 5.93. The molecule has 0 bridgehead atoms. The Morgan fingerprint density at radius 3 is 2.56 bits per heavy atom. The van der Waals surface area contributed by atoms with E-state index in [1.54, 1.807) is 30.5 Å². The molecule has 1 amide bonds. The molecule has 91 valence electrons. The van der Waals surface area contributed by atoms with Gasteiger partial charge in [-0.1, -0.05) is 12.1 Å². The Labute approximate surface area is 105 Å². The van der Waals surface area contributed by atoms with Crippen LogP contribution in [-0.2, 0) is 11.5 Å². The third-order valence-electron chi connectivity index (χ3n) is 2.53. The molecule has 1 heterocycles. The van der Waals surface area contributed by atoms with Crippen LogP contribution in [0.4, 0.5) is 5.69 Å². The summed E-state index contributed by atoms with van der Waals surface area (Å²) >= 11 is 0. The Morgan fingerprint density at radius 2 is 1.94 bits per heavy atom. The molecule has 1 aromatic carbocycles. The van der Waals surface area contributed by atoms with Crippen LogP contribution in [0.15, 0.2) is 48.8 Å². The van der Waals surface area contributed by atoms with Gasteiger partial charge >= 0.3 is 0 Å². The number of anilines is 1. The lowest BCUT2D eigenvalue weighted by atomic mass is 10.1. The largest absolute Gasteiger partial charge is 0.322 e. The molecule has 4 heteroatoms. The van der Waals surface area contributed by atoms with Gasteiger partial charge in [0.1, 0.15) is 0 Å². The molecule has 18 heavy (non-hydrogen) atoms. The lowest BCUT2D eigenvalue weighted by Gasteiger charge is -2.05. The summed E-state index contributed by atoms with van der Waals surface area (Å²) in [6, 6.07) is 10.7. The van der Waals surface area contributed by atoms with E-state index >= 15 is 0 Å². The fourth-order valence-corrected chi connectivity index (χ4v) is 1.57. The third-order valence-corrected chi connectivity index (χ3v) is 2.53. The highest BCUT2D eigenvalue weighted by molar-refractivity contribution is 6.03. The average Bonchev–Trinajstić information content (AvgIpc) is 2.42. The SMILES string of the molecule is [O]CCc1ccc(NC(=O)c2cccnc2)cc1. The number of nitrogens with zero attached hydrogens (tertiary/aromatic N) is 1. The summed E-state index contributed by atoms with van der Waals surface area (Å²) in [5.74, 6) is -0.195. The van der Waals surface area contributed by atoms with Crippen LogP contribution in [0.1, 0.15) is 15.9 Å². The van der Waals surface area contributed by atoms with Crippen LogP contribution in [0.25, 0.3) is 0 Å². The van der Waals surface area contributed by atoms with Gasteiger partial charge in [-0.25, -0.2) is 5.11 Å². The Hall–Kier alpha value is -2.20. The van der Waals surface area contributed by atoms with Gasteiger partial charge in [0.2, 0.25) is 0 Å². The van der Waals surface area contributed by atoms with Gasteiger partial charge in [-0.15, -0.1) is 0 Å². The zero-order chi connectivity index (χ0) is 12.8. The molecule has 2 rings (SSSR count). The van der Waals surface area contributed by atoms with Crippen molar-refractivity contribution in [3.8, 4) is 0 Å². The zero-order valence-corrected chi connectivity index (χ0v) is 9.80. The van der Waals surface area contributed by atoms with Crippen molar-refractivity contribution in [3.63, 3.8) is 0 Å². The van der Waals surface area contributed by atoms with Crippen molar-refractivity contribution < 1.29 is 9.90 Å². The molecule has 0 spiro atoms. The molecule has 0 aliphatic heterocycles. The van der Waals surface area contributed by atoms with Crippen LogP contribution < -0.4 is 5.32 Å². The van der Waals surface area contributed by atoms with Crippen molar-refractivity contribution in [3.05, 3.63) is 59.9 Å². The summed E-state index contributed by atoms with van der Waals surface area (Å²) in [5, 5.41) is 13.2. The van der Waals surface area contributed by atoms with Gasteiger partial charge in [-0.2, -0.15) is 0 Å². The first-order valence-corrected chi connectivity index (χ1v) is 5.68. The molecule has 1 aromatic heterocycles. The van der Waals surface area contributed by atoms with Gasteiger partial charge in [0.15, 0.2) is 0 Å². The molecule has 0 fully saturated rings. The van der Waals surface area contributed by atoms with Gasteiger partial charge in [-0.05, 0) is 36.2 Å². The summed E-state index contributed by atoms with van der Waals surface area (Å²) in [6.07, 6.45) is 3.65. The highest BCUT2D eigenvalue weighted by Gasteiger charge is 2.05. The minimum Gasteiger partial charge on any atom is -0.322 e. The standard InChI is InChI=1S/C14H13N2O2/c17-9-7-11-3-5-13(6-4-11)16-14(18)12-2-1-8-15-10-12/h1-6,8,10H,7,9H2,(H,16,18). The number of benzene rings is 1. The Kier molecular flexibility index (Phi) is 4.04. The first-order valence-electron chi connectivity index (χ1n) is 5.68. The minimum absolute atomic E-state index is 0.124. The van der Waals surface area contributed by atoms with E-state index in [1.165, 1.54) is 6.20 Å². The Balaban J connectivity index is 2.03. The highest BCUT2D eigenvalue weighted by Crippen LogP contribution is 2.11. The number of carbonyl (C=O) groups excluding carboxylic acids is 1. The number of rotatable bonds is 4. The molecule has 1 radical (unpaired) electrons. The summed E-state index contributed by atoms with van der Waals surface area (Å²) in [4.78, 5) is 15.7. The molecule has 1 N–H and O–H groups in total. The molecule has 0 aliphatic carbocycles. The molecule has 4 nitrogen and oxygen atoms in total. The van der Waals surface area contributed by atoms with Crippen LogP contribution in [0.2, 0.25) is 0 Å². The van der Waals surface area contributed by atoms with Crippen molar-refractivity contribution in [2.45, 2.75) is 6.42 Å². The molecular weight excluding hydrogens is 228 g/mol. The van der Waals surface area contributed by atoms with Gasteiger partial charge in [0.25, 0.3) is 5.91 Å². The number of pyridine rings is 1. The molecular formula is C14H13N2O2. The van der Waals surface area contributed by atoms with Gasteiger partial charge < -0.3 is 5.32 Å². The van der Waals surface area contributed by atoms with E-state index < -0.39 is 0 Å². The van der Waals surface area contributed by atoms with E-state index in [1.807, 2.05) is 12.1 Å². The second-order valence-corrected chi connectivity index (χ2v) is 3.85. The van der Waals surface area contributed by atoms with Crippen LogP contribution >= 0.6 is 0 Å². The van der Waals surface area contributed by atoms with Crippen molar-refractivity contribution in [1.82, 2.24) is 4.98 Å². The number of aromatic nitrogens is 1. The smallest absolute Gasteiger partial charge is 0.257 e. The van der Waals surface area contributed by atoms with Gasteiger partial charge in [-0.3, -0.25) is 9.78 Å². The summed E-state index contributed by atoms with van der Waals surface area (Å²) in [7, 11) is 0. The van der Waals surface area contributed by atoms with Crippen LogP contribution in [-0.4, -0.2) is 17.5 Å². The van der Waals surface area contributed by atoms with Crippen LogP contribution in [0.5, 0.6) is 0 Å². The molecule has 0 atom stereocenters. The normalized spacial score (nSPS) is 10.1. The average molecular weight is 241 g/mol. The summed E-state index contributed by atoms with van der Waals surface area (Å²) < 4.78 is 0. The van der Waals surface area contributed by atoms with Gasteiger partial charge in [0.05, 0.1) is 12.2 Å². The molecule has 0 aliphatic rings. The van der Waals surface area contributed by atoms with E-state index in [9.17, 15) is 9.90 Å². The first kappa shape index (κ1) is 12.3. The maximum Gasteiger partial charge on any atom is 0.257 e. The monoisotopic (exact) mass is 241 g/mol. The zero-order valence-electron chi connectivity index (χ0n) is 9.80. The predicted octanol–water partition coefficient (Wildman–Crippen LogP) is 2.31. The maximum atomic E-state index is 11.8. The Bertz CT molecular complexity index is 509. The van der Waals surface area contributed by atoms with Crippen molar-refractivity contribution in [1.29, 1.82) is 0 Å². The van der Waals surface area contributed by atoms with E-state index in [0.29, 0.717) is 17.7 Å². The molecule has 0 unspecified atom stereocenters. The number of nitrogens with one attached hydrogen (secondary N) is 1. The Morgan fingerprint density at radius 1 is 1.17 bits per heavy atom. The quantitative estimate of drug-likeness (QED) is 0.892. The van der Waals surface area contributed by atoms with Crippen molar-refractivity contribution >= 4 is 11.6 Å². The fourth-order valence-electron chi connectivity index (χ4n) is 1.57. The number of hydrogen-bond acceptors (Lipinski definition) is 2. The fraction of sp³-hybridized carbons (Fsp3) is 0.143. The predicted molar refractivity (Wildman–Crippen MR) is 67.9 cm³/mol. The number of carbonyl (C=O) groups is 1. The lowest BCUT2D eigenvalue weighted by molar-refractivity contribution is 0.102. The number of amides is 1. The third kappa shape index (κ3) is 3.15. The molecule has 0 saturated carbocycles. The summed E-state index contributed by atoms with van der Waals surface area (Å²) in [5.41, 5.74) is 2.20. The minimum atomic E-state index is -0.195. The lowest BCUT2D eigenvalue weighted by Crippen LogP contribution is -2.11. The molecule has 0 saturated heterocycles. The van der Waals surface area contributed by atoms with Crippen LogP contribution in [0.3, 0.4) is 0 Å². The van der Waals surface area contributed by atoms with E-state index in [4.69, 9.17) is 0 Å². The molecule has 2 aromatic rings. The second-order valence-electron chi connectivity index (χ2n) is 3.85. The van der Waals surface area contributed by atoms with E-state index in [0.717, 1.165) is 5.56 Å². The van der Waals surface area contributed by atoms with Crippen LogP contribution in [0, 0.1) is 0 Å². The maximum absolute atomic E-state index is 11.8. The van der Waals surface area contributed by atoms with Gasteiger partial charge in [0, 0.05) is 18.1 Å². The van der Waals surface area contributed by atoms with Crippen molar-refractivity contribution in [2.75, 3.05) is 11.9 Å². The number of hydrogen-bond donors (Lipinski definition) is 1. The summed E-state index contributed by atoms with van der Waals surface area (Å²) in [6.45, 7) is -0.124. The first-order chi connectivity index (χ1) is 8.79. The van der Waals surface area contributed by atoms with Crippen molar-refractivity contribution in [2.24, 2.45) is 0 Å². The van der Waals surface area contributed by atoms with E-state index in [2.05, 4.69) is 10.3 Å². The van der Waals surface area contributed by atoms with E-state index in [-0.39, 0.29) is 12.5 Å². The highest BCUT2D eigenvalue weighted by atomic mass is 16.2. The topological polar surface area (TPSA) is 61.9 Å².